The molecule has 0 spiro atoms. The van der Waals surface area contributed by atoms with Crippen LogP contribution in [0.1, 0.15) is 17.9 Å². The average Bonchev–Trinajstić information content (AvgIpc) is 2.99. The van der Waals surface area contributed by atoms with Crippen LogP contribution in [0.3, 0.4) is 0 Å². The lowest BCUT2D eigenvalue weighted by Gasteiger charge is -2.29. The number of fused-ring (bicyclic) bond motifs is 1. The highest BCUT2D eigenvalue weighted by atomic mass is 16.5. The Labute approximate surface area is 142 Å². The Morgan fingerprint density at radius 3 is 2.83 bits per heavy atom. The van der Waals surface area contributed by atoms with Crippen LogP contribution < -0.4 is 0 Å². The summed E-state index contributed by atoms with van der Waals surface area (Å²) in [6.45, 7) is 2.67. The van der Waals surface area contributed by atoms with Crippen LogP contribution in [0.2, 0.25) is 0 Å². The number of carbonyl (C=O) groups excluding carboxylic acids is 1. The molecule has 1 saturated heterocycles. The van der Waals surface area contributed by atoms with Crippen molar-refractivity contribution in [2.24, 2.45) is 7.05 Å². The van der Waals surface area contributed by atoms with Crippen molar-refractivity contribution in [3.05, 3.63) is 59.8 Å². The van der Waals surface area contributed by atoms with Gasteiger partial charge in [0, 0.05) is 48.7 Å². The number of carbonyl (C=O) groups is 1. The summed E-state index contributed by atoms with van der Waals surface area (Å²) in [6.07, 6.45) is 9.17. The summed E-state index contributed by atoms with van der Waals surface area (Å²) in [6, 6.07) is 8.45. The lowest BCUT2D eigenvalue weighted by Crippen LogP contribution is -2.41. The molecule has 2 aliphatic rings. The van der Waals surface area contributed by atoms with Crippen molar-refractivity contribution < 1.29 is 9.53 Å². The van der Waals surface area contributed by atoms with Crippen molar-refractivity contribution in [1.29, 1.82) is 0 Å². The molecule has 1 aromatic carbocycles. The molecule has 0 N–H and O–H groups in total. The first-order valence-electron chi connectivity index (χ1n) is 8.52. The van der Waals surface area contributed by atoms with Gasteiger partial charge in [-0.1, -0.05) is 36.4 Å². The molecule has 4 nitrogen and oxygen atoms in total. The Bertz CT molecular complexity index is 825. The molecule has 1 aromatic heterocycles. The number of amides is 1. The minimum atomic E-state index is 0.160. The van der Waals surface area contributed by atoms with Gasteiger partial charge >= 0.3 is 0 Å². The number of rotatable bonds is 2. The molecular formula is C20H22N2O2. The van der Waals surface area contributed by atoms with E-state index in [-0.39, 0.29) is 11.8 Å². The molecule has 2 heterocycles. The lowest BCUT2D eigenvalue weighted by atomic mass is 9.87. The summed E-state index contributed by atoms with van der Waals surface area (Å²) in [5, 5.41) is 1.27. The van der Waals surface area contributed by atoms with Gasteiger partial charge < -0.3 is 14.2 Å². The number of aromatic nitrogens is 1. The van der Waals surface area contributed by atoms with Gasteiger partial charge in [-0.15, -0.1) is 0 Å². The van der Waals surface area contributed by atoms with E-state index in [0.29, 0.717) is 26.3 Å². The quantitative estimate of drug-likeness (QED) is 0.852. The molecule has 1 unspecified atom stereocenters. The standard InChI is InChI=1S/C20H22N2O2/c1-21-14-18(17-7-2-3-8-19(17)21)15-5-4-6-16(13-15)20(23)22-9-11-24-12-10-22/h2-8,14-15H,9-13H2,1H3. The maximum atomic E-state index is 12.8. The van der Waals surface area contributed by atoms with Crippen LogP contribution in [-0.4, -0.2) is 41.7 Å². The molecule has 24 heavy (non-hydrogen) atoms. The number of morpholine rings is 1. The Balaban J connectivity index is 1.59. The largest absolute Gasteiger partial charge is 0.378 e. The summed E-state index contributed by atoms with van der Waals surface area (Å²) in [5.74, 6) is 0.411. The summed E-state index contributed by atoms with van der Waals surface area (Å²) in [5.41, 5.74) is 3.43. The van der Waals surface area contributed by atoms with Crippen molar-refractivity contribution in [3.8, 4) is 0 Å². The maximum absolute atomic E-state index is 12.8. The molecular weight excluding hydrogens is 300 g/mol. The van der Waals surface area contributed by atoms with Gasteiger partial charge in [0.2, 0.25) is 5.91 Å². The van der Waals surface area contributed by atoms with E-state index in [1.807, 2.05) is 17.1 Å². The van der Waals surface area contributed by atoms with Crippen LogP contribution in [0.15, 0.2) is 54.3 Å². The Kier molecular flexibility index (Phi) is 3.98. The number of ether oxygens (including phenoxy) is 1. The third-order valence-corrected chi connectivity index (χ3v) is 4.98. The number of allylic oxidation sites excluding steroid dienone is 3. The van der Waals surface area contributed by atoms with Crippen molar-refractivity contribution in [3.63, 3.8) is 0 Å². The predicted octanol–water partition coefficient (Wildman–Crippen LogP) is 3.01. The van der Waals surface area contributed by atoms with Crippen molar-refractivity contribution in [2.45, 2.75) is 12.3 Å². The normalized spacial score (nSPS) is 21.1. The molecule has 0 saturated carbocycles. The fourth-order valence-corrected chi connectivity index (χ4v) is 3.69. The number of para-hydroxylation sites is 1. The van der Waals surface area contributed by atoms with Gasteiger partial charge in [0.05, 0.1) is 13.2 Å². The molecule has 2 aromatic rings. The minimum absolute atomic E-state index is 0.160. The molecule has 1 atom stereocenters. The highest BCUT2D eigenvalue weighted by molar-refractivity contribution is 5.94. The minimum Gasteiger partial charge on any atom is -0.378 e. The number of benzene rings is 1. The molecule has 1 aliphatic heterocycles. The van der Waals surface area contributed by atoms with E-state index in [2.05, 4.69) is 48.2 Å². The van der Waals surface area contributed by atoms with Gasteiger partial charge in [-0.3, -0.25) is 4.79 Å². The smallest absolute Gasteiger partial charge is 0.249 e. The van der Waals surface area contributed by atoms with Crippen LogP contribution in [0.25, 0.3) is 10.9 Å². The van der Waals surface area contributed by atoms with Gasteiger partial charge in [-0.25, -0.2) is 0 Å². The second kappa shape index (κ2) is 6.29. The maximum Gasteiger partial charge on any atom is 0.249 e. The molecule has 4 rings (SSSR count). The van der Waals surface area contributed by atoms with Gasteiger partial charge in [-0.2, -0.15) is 0 Å². The average molecular weight is 322 g/mol. The Hall–Kier alpha value is -2.33. The number of hydrogen-bond acceptors (Lipinski definition) is 2. The highest BCUT2D eigenvalue weighted by Gasteiger charge is 2.25. The van der Waals surface area contributed by atoms with E-state index in [0.717, 1.165) is 12.0 Å². The Morgan fingerprint density at radius 1 is 1.21 bits per heavy atom. The van der Waals surface area contributed by atoms with Crippen molar-refractivity contribution in [2.75, 3.05) is 26.3 Å². The number of hydrogen-bond donors (Lipinski definition) is 0. The van der Waals surface area contributed by atoms with Gasteiger partial charge in [0.25, 0.3) is 0 Å². The molecule has 4 heteroatoms. The van der Waals surface area contributed by atoms with E-state index in [4.69, 9.17) is 4.74 Å². The molecule has 1 aliphatic carbocycles. The second-order valence-corrected chi connectivity index (χ2v) is 6.50. The van der Waals surface area contributed by atoms with Gasteiger partial charge in [-0.05, 0) is 18.1 Å². The monoisotopic (exact) mass is 322 g/mol. The van der Waals surface area contributed by atoms with E-state index in [9.17, 15) is 4.79 Å². The van der Waals surface area contributed by atoms with Crippen LogP contribution in [-0.2, 0) is 16.6 Å². The fraction of sp³-hybridized carbons (Fsp3) is 0.350. The van der Waals surface area contributed by atoms with E-state index in [1.54, 1.807) is 0 Å². The third-order valence-electron chi connectivity index (χ3n) is 4.98. The van der Waals surface area contributed by atoms with Gasteiger partial charge in [0.1, 0.15) is 0 Å². The third kappa shape index (κ3) is 2.67. The van der Waals surface area contributed by atoms with Crippen molar-refractivity contribution >= 4 is 16.8 Å². The van der Waals surface area contributed by atoms with Crippen LogP contribution in [0.5, 0.6) is 0 Å². The topological polar surface area (TPSA) is 34.5 Å². The summed E-state index contributed by atoms with van der Waals surface area (Å²) in [7, 11) is 2.08. The van der Waals surface area contributed by atoms with E-state index in [1.165, 1.54) is 16.5 Å². The Morgan fingerprint density at radius 2 is 2.00 bits per heavy atom. The summed E-state index contributed by atoms with van der Waals surface area (Å²) in [4.78, 5) is 14.7. The predicted molar refractivity (Wildman–Crippen MR) is 94.9 cm³/mol. The van der Waals surface area contributed by atoms with Crippen LogP contribution in [0.4, 0.5) is 0 Å². The zero-order chi connectivity index (χ0) is 16.5. The second-order valence-electron chi connectivity index (χ2n) is 6.50. The molecule has 1 fully saturated rings. The summed E-state index contributed by atoms with van der Waals surface area (Å²) >= 11 is 0. The molecule has 124 valence electrons. The van der Waals surface area contributed by atoms with E-state index < -0.39 is 0 Å². The zero-order valence-corrected chi connectivity index (χ0v) is 13.9. The SMILES string of the molecule is Cn1cc(C2C=CC=C(C(=O)N3CCOCC3)C2)c2ccccc21. The lowest BCUT2D eigenvalue weighted by molar-refractivity contribution is -0.131. The fourth-order valence-electron chi connectivity index (χ4n) is 3.69. The first-order chi connectivity index (χ1) is 11.7. The zero-order valence-electron chi connectivity index (χ0n) is 13.9. The molecule has 0 bridgehead atoms. The van der Waals surface area contributed by atoms with Crippen LogP contribution >= 0.6 is 0 Å². The number of nitrogens with zero attached hydrogens (tertiary/aromatic N) is 2. The highest BCUT2D eigenvalue weighted by Crippen LogP contribution is 2.34. The number of aryl methyl sites for hydroxylation is 1. The first-order valence-corrected chi connectivity index (χ1v) is 8.52. The van der Waals surface area contributed by atoms with E-state index >= 15 is 0 Å². The first kappa shape index (κ1) is 15.2. The summed E-state index contributed by atoms with van der Waals surface area (Å²) < 4.78 is 7.52. The van der Waals surface area contributed by atoms with Crippen molar-refractivity contribution in [1.82, 2.24) is 9.47 Å². The molecule has 0 radical (unpaired) electrons. The van der Waals surface area contributed by atoms with Crippen LogP contribution in [0, 0.1) is 0 Å². The van der Waals surface area contributed by atoms with Gasteiger partial charge in [0.15, 0.2) is 0 Å². The molecule has 1 amide bonds.